The van der Waals surface area contributed by atoms with E-state index >= 15 is 0 Å². The number of rotatable bonds is 11. The van der Waals surface area contributed by atoms with Crippen molar-refractivity contribution in [3.8, 4) is 11.5 Å². The second-order valence-electron chi connectivity index (χ2n) is 7.65. The standard InChI is InChI=1S/C25H29BrN4O3S/c1-6-12-30-23(14-33-21-11-8-16(3)13-22(21)32-7-2)28-29-25(30)34-15-24(31)27-20-10-9-19(26)17(4)18(20)5/h6,8-11,13H,1,7,12,14-15H2,2-5H3,(H,27,31). The maximum Gasteiger partial charge on any atom is 0.234 e. The molecule has 1 amide bonds. The Kier molecular flexibility index (Phi) is 9.18. The number of aromatic nitrogens is 3. The number of allylic oxidation sites excluding steroid dienone is 1. The molecule has 0 saturated heterocycles. The Morgan fingerprint density at radius 1 is 1.15 bits per heavy atom. The third kappa shape index (κ3) is 6.42. The van der Waals surface area contributed by atoms with Crippen LogP contribution in [0.5, 0.6) is 11.5 Å². The van der Waals surface area contributed by atoms with Gasteiger partial charge in [0.1, 0.15) is 6.61 Å². The van der Waals surface area contributed by atoms with Gasteiger partial charge in [-0.1, -0.05) is 39.8 Å². The van der Waals surface area contributed by atoms with Crippen LogP contribution in [0.2, 0.25) is 0 Å². The molecule has 1 aromatic heterocycles. The highest BCUT2D eigenvalue weighted by molar-refractivity contribution is 9.10. The van der Waals surface area contributed by atoms with E-state index in [4.69, 9.17) is 9.47 Å². The number of hydrogen-bond donors (Lipinski definition) is 1. The van der Waals surface area contributed by atoms with E-state index in [0.717, 1.165) is 26.9 Å². The normalized spacial score (nSPS) is 10.7. The van der Waals surface area contributed by atoms with Crippen LogP contribution in [0.4, 0.5) is 5.69 Å². The molecule has 0 saturated carbocycles. The number of nitrogens with zero attached hydrogens (tertiary/aromatic N) is 3. The summed E-state index contributed by atoms with van der Waals surface area (Å²) >= 11 is 4.84. The molecule has 0 fully saturated rings. The first-order valence-electron chi connectivity index (χ1n) is 10.9. The average Bonchev–Trinajstić information content (AvgIpc) is 3.19. The lowest BCUT2D eigenvalue weighted by Crippen LogP contribution is -2.16. The summed E-state index contributed by atoms with van der Waals surface area (Å²) in [6.07, 6.45) is 1.77. The highest BCUT2D eigenvalue weighted by atomic mass is 79.9. The van der Waals surface area contributed by atoms with Gasteiger partial charge >= 0.3 is 0 Å². The molecule has 3 aromatic rings. The van der Waals surface area contributed by atoms with Crippen LogP contribution in [0.1, 0.15) is 29.4 Å². The number of carbonyl (C=O) groups is 1. The van der Waals surface area contributed by atoms with Crippen LogP contribution < -0.4 is 14.8 Å². The van der Waals surface area contributed by atoms with E-state index < -0.39 is 0 Å². The van der Waals surface area contributed by atoms with Gasteiger partial charge in [-0.2, -0.15) is 0 Å². The zero-order valence-corrected chi connectivity index (χ0v) is 22.3. The topological polar surface area (TPSA) is 78.3 Å². The van der Waals surface area contributed by atoms with Crippen LogP contribution in [-0.2, 0) is 17.9 Å². The molecular formula is C25H29BrN4O3S. The monoisotopic (exact) mass is 544 g/mol. The van der Waals surface area contributed by atoms with Gasteiger partial charge in [0.15, 0.2) is 22.5 Å². The fourth-order valence-electron chi connectivity index (χ4n) is 3.23. The molecule has 34 heavy (non-hydrogen) atoms. The maximum absolute atomic E-state index is 12.6. The van der Waals surface area contributed by atoms with E-state index in [9.17, 15) is 4.79 Å². The highest BCUT2D eigenvalue weighted by Crippen LogP contribution is 2.29. The lowest BCUT2D eigenvalue weighted by Gasteiger charge is -2.13. The van der Waals surface area contributed by atoms with Crippen molar-refractivity contribution in [1.29, 1.82) is 0 Å². The number of halogens is 1. The van der Waals surface area contributed by atoms with Gasteiger partial charge in [-0.15, -0.1) is 16.8 Å². The molecule has 9 heteroatoms. The minimum atomic E-state index is -0.109. The lowest BCUT2D eigenvalue weighted by molar-refractivity contribution is -0.113. The van der Waals surface area contributed by atoms with Gasteiger partial charge in [0.25, 0.3) is 0 Å². The van der Waals surface area contributed by atoms with Crippen molar-refractivity contribution >= 4 is 39.3 Å². The molecule has 2 aromatic carbocycles. The van der Waals surface area contributed by atoms with Crippen molar-refractivity contribution in [2.45, 2.75) is 46.0 Å². The summed E-state index contributed by atoms with van der Waals surface area (Å²) in [5.41, 5.74) is 4.03. The Morgan fingerprint density at radius 2 is 1.94 bits per heavy atom. The molecule has 3 rings (SSSR count). The number of thioether (sulfide) groups is 1. The molecule has 0 aliphatic rings. The molecule has 7 nitrogen and oxygen atoms in total. The van der Waals surface area contributed by atoms with Crippen LogP contribution in [0.25, 0.3) is 0 Å². The van der Waals surface area contributed by atoms with Crippen molar-refractivity contribution in [3.05, 3.63) is 70.0 Å². The molecule has 0 radical (unpaired) electrons. The van der Waals surface area contributed by atoms with Gasteiger partial charge in [0.2, 0.25) is 5.91 Å². The third-order valence-corrected chi connectivity index (χ3v) is 7.01. The largest absolute Gasteiger partial charge is 0.490 e. The summed E-state index contributed by atoms with van der Waals surface area (Å²) < 4.78 is 14.6. The number of anilines is 1. The first-order chi connectivity index (χ1) is 16.3. The van der Waals surface area contributed by atoms with Crippen LogP contribution in [0.15, 0.2) is 52.6 Å². The van der Waals surface area contributed by atoms with Crippen molar-refractivity contribution in [3.63, 3.8) is 0 Å². The summed E-state index contributed by atoms with van der Waals surface area (Å²) in [6, 6.07) is 9.64. The molecule has 0 aliphatic carbocycles. The molecule has 1 heterocycles. The summed E-state index contributed by atoms with van der Waals surface area (Å²) in [4.78, 5) is 12.6. The van der Waals surface area contributed by atoms with E-state index in [-0.39, 0.29) is 18.3 Å². The van der Waals surface area contributed by atoms with Crippen molar-refractivity contribution < 1.29 is 14.3 Å². The highest BCUT2D eigenvalue weighted by Gasteiger charge is 2.16. The van der Waals surface area contributed by atoms with Crippen LogP contribution in [0, 0.1) is 20.8 Å². The zero-order valence-electron chi connectivity index (χ0n) is 19.9. The minimum absolute atomic E-state index is 0.109. The van der Waals surface area contributed by atoms with Crippen molar-refractivity contribution in [2.75, 3.05) is 17.7 Å². The van der Waals surface area contributed by atoms with E-state index in [1.807, 2.05) is 62.6 Å². The minimum Gasteiger partial charge on any atom is -0.490 e. The number of amides is 1. The molecule has 180 valence electrons. The fourth-order valence-corrected chi connectivity index (χ4v) is 4.43. The van der Waals surface area contributed by atoms with Gasteiger partial charge in [-0.3, -0.25) is 9.36 Å². The number of aryl methyl sites for hydroxylation is 1. The third-order valence-electron chi connectivity index (χ3n) is 5.19. The van der Waals surface area contributed by atoms with Crippen LogP contribution in [-0.4, -0.2) is 33.0 Å². The molecule has 0 bridgehead atoms. The first-order valence-corrected chi connectivity index (χ1v) is 12.7. The van der Waals surface area contributed by atoms with Gasteiger partial charge in [0, 0.05) is 16.7 Å². The Labute approximate surface area is 213 Å². The molecular weight excluding hydrogens is 516 g/mol. The first kappa shape index (κ1) is 25.8. The number of carbonyl (C=O) groups excluding carboxylic acids is 1. The lowest BCUT2D eigenvalue weighted by atomic mass is 10.1. The second-order valence-corrected chi connectivity index (χ2v) is 9.45. The van der Waals surface area contributed by atoms with Gasteiger partial charge < -0.3 is 14.8 Å². The summed E-state index contributed by atoms with van der Waals surface area (Å²) in [6.45, 7) is 13.0. The summed E-state index contributed by atoms with van der Waals surface area (Å²) in [7, 11) is 0. The van der Waals surface area contributed by atoms with Crippen molar-refractivity contribution in [1.82, 2.24) is 14.8 Å². The van der Waals surface area contributed by atoms with Gasteiger partial charge in [-0.05, 0) is 68.7 Å². The van der Waals surface area contributed by atoms with Crippen molar-refractivity contribution in [2.24, 2.45) is 0 Å². The Bertz CT molecular complexity index is 1180. The van der Waals surface area contributed by atoms with Crippen LogP contribution in [0.3, 0.4) is 0 Å². The van der Waals surface area contributed by atoms with E-state index in [2.05, 4.69) is 38.0 Å². The maximum atomic E-state index is 12.6. The van der Waals surface area contributed by atoms with Gasteiger partial charge in [-0.25, -0.2) is 0 Å². The van der Waals surface area contributed by atoms with Gasteiger partial charge in [0.05, 0.1) is 12.4 Å². The zero-order chi connectivity index (χ0) is 24.7. The molecule has 0 spiro atoms. The summed E-state index contributed by atoms with van der Waals surface area (Å²) in [5.74, 6) is 2.08. The number of hydrogen-bond acceptors (Lipinski definition) is 6. The second kappa shape index (κ2) is 12.1. The Balaban J connectivity index is 1.66. The van der Waals surface area contributed by atoms with E-state index in [0.29, 0.717) is 35.6 Å². The SMILES string of the molecule is C=CCn1c(COc2ccc(C)cc2OCC)nnc1SCC(=O)Nc1ccc(Br)c(C)c1C. The molecule has 0 aliphatic heterocycles. The molecule has 0 atom stereocenters. The predicted molar refractivity (Wildman–Crippen MR) is 140 cm³/mol. The van der Waals surface area contributed by atoms with E-state index in [1.165, 1.54) is 11.8 Å². The average molecular weight is 546 g/mol. The number of nitrogens with one attached hydrogen (secondary N) is 1. The quantitative estimate of drug-likeness (QED) is 0.240. The smallest absolute Gasteiger partial charge is 0.234 e. The molecule has 1 N–H and O–H groups in total. The Hall–Kier alpha value is -2.78. The number of ether oxygens (including phenoxy) is 2. The predicted octanol–water partition coefficient (Wildman–Crippen LogP) is 5.86. The van der Waals surface area contributed by atoms with Crippen LogP contribution >= 0.6 is 27.7 Å². The summed E-state index contributed by atoms with van der Waals surface area (Å²) in [5, 5.41) is 12.2. The Morgan fingerprint density at radius 3 is 2.68 bits per heavy atom. The van der Waals surface area contributed by atoms with E-state index in [1.54, 1.807) is 6.08 Å². The molecule has 0 unspecified atom stereocenters. The number of benzene rings is 2. The fraction of sp³-hybridized carbons (Fsp3) is 0.320.